The predicted molar refractivity (Wildman–Crippen MR) is 97.6 cm³/mol. The fraction of sp³-hybridized carbons (Fsp3) is 0.389. The van der Waals surface area contributed by atoms with E-state index in [4.69, 9.17) is 0 Å². The minimum absolute atomic E-state index is 0.283. The maximum Gasteiger partial charge on any atom is 0.0605 e. The molecule has 0 bridgehead atoms. The Labute approximate surface area is 141 Å². The van der Waals surface area contributed by atoms with Gasteiger partial charge in [-0.25, -0.2) is 0 Å². The van der Waals surface area contributed by atoms with Gasteiger partial charge in [-0.1, -0.05) is 25.1 Å². The van der Waals surface area contributed by atoms with Crippen molar-refractivity contribution < 1.29 is 0 Å². The maximum absolute atomic E-state index is 4.68. The first-order valence-electron chi connectivity index (χ1n) is 7.51. The lowest BCUT2D eigenvalue weighted by molar-refractivity contribution is 0.515. The van der Waals surface area contributed by atoms with Crippen molar-refractivity contribution in [1.82, 2.24) is 10.3 Å². The van der Waals surface area contributed by atoms with E-state index < -0.39 is 0 Å². The number of pyridine rings is 1. The van der Waals surface area contributed by atoms with Crippen LogP contribution in [0.5, 0.6) is 0 Å². The van der Waals surface area contributed by atoms with Crippen molar-refractivity contribution in [3.63, 3.8) is 0 Å². The summed E-state index contributed by atoms with van der Waals surface area (Å²) in [5.74, 6) is 0. The molecule has 0 aliphatic carbocycles. The topological polar surface area (TPSA) is 24.9 Å². The number of nitrogens with zero attached hydrogens (tertiary/aromatic N) is 1. The molecule has 2 rings (SSSR count). The fourth-order valence-electron chi connectivity index (χ4n) is 2.53. The van der Waals surface area contributed by atoms with Crippen molar-refractivity contribution in [3.8, 4) is 0 Å². The second-order valence-electron chi connectivity index (χ2n) is 5.55. The molecule has 0 aliphatic heterocycles. The highest BCUT2D eigenvalue weighted by Crippen LogP contribution is 2.21. The predicted octanol–water partition coefficient (Wildman–Crippen LogP) is 4.59. The summed E-state index contributed by atoms with van der Waals surface area (Å²) in [7, 11) is 0. The monoisotopic (exact) mass is 394 g/mol. The van der Waals surface area contributed by atoms with Crippen LogP contribution in [0.15, 0.2) is 36.5 Å². The van der Waals surface area contributed by atoms with Gasteiger partial charge in [0.2, 0.25) is 0 Å². The third-order valence-electron chi connectivity index (χ3n) is 3.58. The highest BCUT2D eigenvalue weighted by atomic mass is 127. The molecule has 0 amide bonds. The van der Waals surface area contributed by atoms with Crippen LogP contribution in [0.25, 0.3) is 0 Å². The Morgan fingerprint density at radius 1 is 1.19 bits per heavy atom. The molecule has 0 radical (unpaired) electrons. The van der Waals surface area contributed by atoms with Gasteiger partial charge in [-0.2, -0.15) is 0 Å². The lowest BCUT2D eigenvalue weighted by Crippen LogP contribution is -2.25. The third-order valence-corrected chi connectivity index (χ3v) is 4.30. The largest absolute Gasteiger partial charge is 0.308 e. The average molecular weight is 394 g/mol. The van der Waals surface area contributed by atoms with Crippen LogP contribution in [0.4, 0.5) is 0 Å². The number of hydrogen-bond donors (Lipinski definition) is 1. The van der Waals surface area contributed by atoms with E-state index >= 15 is 0 Å². The van der Waals surface area contributed by atoms with Gasteiger partial charge in [-0.15, -0.1) is 0 Å². The Balaban J connectivity index is 2.22. The molecule has 0 saturated heterocycles. The summed E-state index contributed by atoms with van der Waals surface area (Å²) in [4.78, 5) is 4.68. The van der Waals surface area contributed by atoms with Gasteiger partial charge in [0.05, 0.1) is 11.7 Å². The Morgan fingerprint density at radius 3 is 2.52 bits per heavy atom. The molecule has 1 atom stereocenters. The van der Waals surface area contributed by atoms with Crippen LogP contribution in [-0.4, -0.2) is 11.5 Å². The second-order valence-corrected chi connectivity index (χ2v) is 6.80. The van der Waals surface area contributed by atoms with Crippen molar-refractivity contribution in [1.29, 1.82) is 0 Å². The van der Waals surface area contributed by atoms with E-state index in [1.807, 2.05) is 6.20 Å². The first-order valence-corrected chi connectivity index (χ1v) is 8.59. The molecule has 3 heteroatoms. The first-order chi connectivity index (χ1) is 10.1. The van der Waals surface area contributed by atoms with Crippen molar-refractivity contribution in [2.24, 2.45) is 0 Å². The summed E-state index contributed by atoms with van der Waals surface area (Å²) in [6.45, 7) is 7.47. The van der Waals surface area contributed by atoms with E-state index in [-0.39, 0.29) is 6.04 Å². The molecule has 1 aromatic heterocycles. The van der Waals surface area contributed by atoms with Crippen LogP contribution in [0.1, 0.15) is 41.8 Å². The highest BCUT2D eigenvalue weighted by molar-refractivity contribution is 14.1. The second kappa shape index (κ2) is 7.90. The molecule has 1 aromatic carbocycles. The summed E-state index contributed by atoms with van der Waals surface area (Å²) in [6, 6.07) is 11.3. The SMILES string of the molecule is CCCNC(Cc1ccc(I)cc1)c1ncc(C)cc1C. The molecular weight excluding hydrogens is 371 g/mol. The molecule has 1 unspecified atom stereocenters. The Kier molecular flexibility index (Phi) is 6.18. The summed E-state index contributed by atoms with van der Waals surface area (Å²) < 4.78 is 1.28. The number of benzene rings is 1. The lowest BCUT2D eigenvalue weighted by Gasteiger charge is -2.20. The Hall–Kier alpha value is -0.940. The van der Waals surface area contributed by atoms with Gasteiger partial charge in [0.25, 0.3) is 0 Å². The minimum atomic E-state index is 0.283. The smallest absolute Gasteiger partial charge is 0.0605 e. The van der Waals surface area contributed by atoms with Crippen LogP contribution < -0.4 is 5.32 Å². The zero-order valence-corrected chi connectivity index (χ0v) is 15.1. The maximum atomic E-state index is 4.68. The van der Waals surface area contributed by atoms with Gasteiger partial charge in [0.1, 0.15) is 0 Å². The summed E-state index contributed by atoms with van der Waals surface area (Å²) >= 11 is 2.35. The number of hydrogen-bond acceptors (Lipinski definition) is 2. The highest BCUT2D eigenvalue weighted by Gasteiger charge is 2.15. The van der Waals surface area contributed by atoms with Gasteiger partial charge in [-0.05, 0) is 84.6 Å². The van der Waals surface area contributed by atoms with Crippen LogP contribution in [-0.2, 0) is 6.42 Å². The molecule has 0 aliphatic rings. The lowest BCUT2D eigenvalue weighted by atomic mass is 9.99. The van der Waals surface area contributed by atoms with Gasteiger partial charge >= 0.3 is 0 Å². The average Bonchev–Trinajstić information content (AvgIpc) is 2.46. The van der Waals surface area contributed by atoms with Crippen LogP contribution in [0.3, 0.4) is 0 Å². The molecule has 0 fully saturated rings. The molecule has 0 spiro atoms. The van der Waals surface area contributed by atoms with E-state index in [9.17, 15) is 0 Å². The van der Waals surface area contributed by atoms with E-state index in [1.54, 1.807) is 0 Å². The van der Waals surface area contributed by atoms with Gasteiger partial charge in [0, 0.05) is 9.77 Å². The zero-order valence-electron chi connectivity index (χ0n) is 13.0. The number of aryl methyl sites for hydroxylation is 2. The molecule has 0 saturated carbocycles. The minimum Gasteiger partial charge on any atom is -0.308 e. The Bertz CT molecular complexity index is 578. The van der Waals surface area contributed by atoms with Crippen LogP contribution >= 0.6 is 22.6 Å². The van der Waals surface area contributed by atoms with Gasteiger partial charge in [-0.3, -0.25) is 4.98 Å². The van der Waals surface area contributed by atoms with E-state index in [0.29, 0.717) is 0 Å². The zero-order chi connectivity index (χ0) is 15.2. The molecule has 2 nitrogen and oxygen atoms in total. The molecular formula is C18H23IN2. The van der Waals surface area contributed by atoms with Crippen molar-refractivity contribution in [3.05, 3.63) is 62.5 Å². The van der Waals surface area contributed by atoms with Crippen molar-refractivity contribution in [2.75, 3.05) is 6.54 Å². The molecule has 112 valence electrons. The molecule has 1 N–H and O–H groups in total. The van der Waals surface area contributed by atoms with Gasteiger partial charge in [0.15, 0.2) is 0 Å². The Morgan fingerprint density at radius 2 is 1.90 bits per heavy atom. The standard InChI is InChI=1S/C18H23IN2/c1-4-9-20-17(11-15-5-7-16(19)8-6-15)18-14(3)10-13(2)12-21-18/h5-8,10,12,17,20H,4,9,11H2,1-3H3. The number of nitrogens with one attached hydrogen (secondary N) is 1. The molecule has 2 aromatic rings. The number of halogens is 1. The third kappa shape index (κ3) is 4.78. The van der Waals surface area contributed by atoms with Crippen molar-refractivity contribution in [2.45, 2.75) is 39.7 Å². The quantitative estimate of drug-likeness (QED) is 0.726. The summed E-state index contributed by atoms with van der Waals surface area (Å²) in [5.41, 5.74) is 5.02. The first kappa shape index (κ1) is 16.4. The number of aromatic nitrogens is 1. The molecule has 21 heavy (non-hydrogen) atoms. The number of rotatable bonds is 6. The van der Waals surface area contributed by atoms with E-state index in [1.165, 1.54) is 26.0 Å². The normalized spacial score (nSPS) is 12.4. The summed E-state index contributed by atoms with van der Waals surface area (Å²) in [5, 5.41) is 3.64. The molecule has 1 heterocycles. The van der Waals surface area contributed by atoms with Crippen molar-refractivity contribution >= 4 is 22.6 Å². The van der Waals surface area contributed by atoms with E-state index in [2.05, 4.69) is 84.0 Å². The van der Waals surface area contributed by atoms with Crippen LogP contribution in [0, 0.1) is 17.4 Å². The van der Waals surface area contributed by atoms with E-state index in [0.717, 1.165) is 19.4 Å². The van der Waals surface area contributed by atoms with Crippen LogP contribution in [0.2, 0.25) is 0 Å². The van der Waals surface area contributed by atoms with Gasteiger partial charge < -0.3 is 5.32 Å². The summed E-state index contributed by atoms with van der Waals surface area (Å²) in [6.07, 6.45) is 4.08. The fourth-order valence-corrected chi connectivity index (χ4v) is 2.89.